The summed E-state index contributed by atoms with van der Waals surface area (Å²) in [7, 11) is -2.29. The van der Waals surface area contributed by atoms with Gasteiger partial charge in [0.25, 0.3) is 10.0 Å². The second kappa shape index (κ2) is 9.98. The highest BCUT2D eigenvalue weighted by molar-refractivity contribution is 7.94. The number of nitrogens with zero attached hydrogens (tertiary/aromatic N) is 1. The minimum Gasteiger partial charge on any atom is -0.488 e. The number of benzene rings is 2. The molecule has 2 N–H and O–H groups in total. The van der Waals surface area contributed by atoms with E-state index in [4.69, 9.17) is 16.3 Å². The van der Waals surface area contributed by atoms with Crippen LogP contribution in [0.2, 0.25) is 4.34 Å². The maximum Gasteiger partial charge on any atom is 0.419 e. The Hall–Kier alpha value is -2.31. The number of halogens is 4. The van der Waals surface area contributed by atoms with E-state index in [9.17, 15) is 26.7 Å². The van der Waals surface area contributed by atoms with Crippen molar-refractivity contribution in [3.05, 3.63) is 64.0 Å². The Labute approximate surface area is 210 Å². The number of sulfonamides is 1. The zero-order valence-electron chi connectivity index (χ0n) is 18.5. The number of anilines is 1. The number of rotatable bonds is 7. The number of hydrogen-bond donors (Lipinski definition) is 2. The molecule has 1 aromatic heterocycles. The SMILES string of the molecule is CN1CC[C@@H](Oc2cc(NS(=O)(=O)c3cc(-c4ccc(CO)cc4)c(Cl)s3)ccc2C(F)(F)F)C1. The standard InChI is InChI=1S/C23H22ClF3N2O4S2/c1-29-9-8-17(12-29)33-20-10-16(6-7-19(20)23(25,26)27)28-35(31,32)21-11-18(22(24)34-21)15-4-2-14(13-30)3-5-15/h2-7,10-11,17,28,30H,8-9,12-13H2,1H3/t17-/m1/s1. The molecule has 0 amide bonds. The van der Waals surface area contributed by atoms with Crippen LogP contribution in [0.3, 0.4) is 0 Å². The molecule has 1 aliphatic rings. The summed E-state index contributed by atoms with van der Waals surface area (Å²) in [5, 5.41) is 9.19. The third-order valence-corrected chi connectivity index (χ3v) is 8.77. The number of likely N-dealkylation sites (N-methyl/N-ethyl adjacent to an activating group) is 1. The number of aliphatic hydroxyl groups excluding tert-OH is 1. The fraction of sp³-hybridized carbons (Fsp3) is 0.304. The van der Waals surface area contributed by atoms with Gasteiger partial charge in [-0.25, -0.2) is 8.42 Å². The van der Waals surface area contributed by atoms with E-state index in [0.717, 1.165) is 29.5 Å². The van der Waals surface area contributed by atoms with Crippen molar-refractivity contribution in [1.29, 1.82) is 0 Å². The summed E-state index contributed by atoms with van der Waals surface area (Å²) in [5.41, 5.74) is 0.819. The lowest BCUT2D eigenvalue weighted by molar-refractivity contribution is -0.139. The second-order valence-corrected chi connectivity index (χ2v) is 11.8. The molecule has 35 heavy (non-hydrogen) atoms. The Morgan fingerprint density at radius 2 is 1.91 bits per heavy atom. The van der Waals surface area contributed by atoms with Crippen LogP contribution < -0.4 is 9.46 Å². The Morgan fingerprint density at radius 1 is 1.20 bits per heavy atom. The number of hydrogen-bond acceptors (Lipinski definition) is 6. The Kier molecular flexibility index (Phi) is 7.35. The summed E-state index contributed by atoms with van der Waals surface area (Å²) >= 11 is 7.13. The van der Waals surface area contributed by atoms with Gasteiger partial charge in [-0.05, 0) is 42.8 Å². The maximum atomic E-state index is 13.5. The first-order valence-corrected chi connectivity index (χ1v) is 13.2. The van der Waals surface area contributed by atoms with Crippen molar-refractivity contribution in [2.75, 3.05) is 24.9 Å². The molecule has 1 saturated heterocycles. The minimum absolute atomic E-state index is 0.0577. The van der Waals surface area contributed by atoms with Gasteiger partial charge in [-0.1, -0.05) is 35.9 Å². The van der Waals surface area contributed by atoms with Crippen molar-refractivity contribution in [2.45, 2.75) is 29.5 Å². The van der Waals surface area contributed by atoms with Crippen molar-refractivity contribution >= 4 is 38.6 Å². The highest BCUT2D eigenvalue weighted by Gasteiger charge is 2.36. The highest BCUT2D eigenvalue weighted by atomic mass is 35.5. The van der Waals surface area contributed by atoms with Crippen molar-refractivity contribution in [3.63, 3.8) is 0 Å². The van der Waals surface area contributed by atoms with Gasteiger partial charge in [0.15, 0.2) is 0 Å². The van der Waals surface area contributed by atoms with Crippen LogP contribution in [0.5, 0.6) is 5.75 Å². The number of thiophene rings is 1. The number of aliphatic hydroxyl groups is 1. The minimum atomic E-state index is -4.65. The van der Waals surface area contributed by atoms with E-state index in [0.29, 0.717) is 36.2 Å². The van der Waals surface area contributed by atoms with Crippen molar-refractivity contribution in [2.24, 2.45) is 0 Å². The molecule has 1 aliphatic heterocycles. The van der Waals surface area contributed by atoms with Gasteiger partial charge < -0.3 is 14.7 Å². The molecule has 3 aromatic rings. The van der Waals surface area contributed by atoms with Crippen molar-refractivity contribution in [3.8, 4) is 16.9 Å². The molecule has 0 spiro atoms. The molecule has 0 unspecified atom stereocenters. The summed E-state index contributed by atoms with van der Waals surface area (Å²) < 4.78 is 74.7. The van der Waals surface area contributed by atoms with Crippen LogP contribution in [0.25, 0.3) is 11.1 Å². The molecule has 0 aliphatic carbocycles. The Bertz CT molecular complexity index is 1310. The Morgan fingerprint density at radius 3 is 2.51 bits per heavy atom. The van der Waals surface area contributed by atoms with Crippen LogP contribution in [-0.4, -0.2) is 44.7 Å². The van der Waals surface area contributed by atoms with Crippen molar-refractivity contribution < 1.29 is 31.4 Å². The molecule has 12 heteroatoms. The first-order valence-electron chi connectivity index (χ1n) is 10.5. The molecular weight excluding hydrogens is 525 g/mol. The largest absolute Gasteiger partial charge is 0.488 e. The number of ether oxygens (including phenoxy) is 1. The van der Waals surface area contributed by atoms with E-state index >= 15 is 0 Å². The van der Waals surface area contributed by atoms with E-state index in [1.807, 2.05) is 11.9 Å². The first kappa shape index (κ1) is 25.8. The molecule has 0 radical (unpaired) electrons. The van der Waals surface area contributed by atoms with Gasteiger partial charge in [0.1, 0.15) is 20.4 Å². The third-order valence-electron chi connectivity index (χ3n) is 5.56. The summed E-state index contributed by atoms with van der Waals surface area (Å²) in [6, 6.07) is 11.1. The van der Waals surface area contributed by atoms with E-state index in [-0.39, 0.29) is 20.8 Å². The van der Waals surface area contributed by atoms with Gasteiger partial charge in [0.2, 0.25) is 0 Å². The molecule has 2 heterocycles. The normalized spacial score (nSPS) is 17.0. The van der Waals surface area contributed by atoms with E-state index < -0.39 is 33.6 Å². The molecule has 2 aromatic carbocycles. The maximum absolute atomic E-state index is 13.5. The summed E-state index contributed by atoms with van der Waals surface area (Å²) in [4.78, 5) is 1.94. The van der Waals surface area contributed by atoms with Gasteiger partial charge in [-0.2, -0.15) is 13.2 Å². The quantitative estimate of drug-likeness (QED) is 0.411. The number of nitrogens with one attached hydrogen (secondary N) is 1. The third kappa shape index (κ3) is 5.92. The van der Waals surface area contributed by atoms with Gasteiger partial charge in [0.05, 0.1) is 17.9 Å². The van der Waals surface area contributed by atoms with Crippen molar-refractivity contribution in [1.82, 2.24) is 4.90 Å². The summed E-state index contributed by atoms with van der Waals surface area (Å²) in [6.07, 6.45) is -4.51. The predicted molar refractivity (Wildman–Crippen MR) is 129 cm³/mol. The predicted octanol–water partition coefficient (Wildman–Crippen LogP) is 5.46. The summed E-state index contributed by atoms with van der Waals surface area (Å²) in [5.74, 6) is -0.424. The molecule has 0 bridgehead atoms. The molecule has 1 atom stereocenters. The lowest BCUT2D eigenvalue weighted by Crippen LogP contribution is -2.23. The van der Waals surface area contributed by atoms with Crippen LogP contribution >= 0.6 is 22.9 Å². The topological polar surface area (TPSA) is 78.9 Å². The zero-order valence-corrected chi connectivity index (χ0v) is 20.9. The fourth-order valence-corrected chi connectivity index (χ4v) is 6.57. The van der Waals surface area contributed by atoms with Crippen LogP contribution in [0.4, 0.5) is 18.9 Å². The second-order valence-electron chi connectivity index (χ2n) is 8.21. The zero-order chi connectivity index (χ0) is 25.4. The van der Waals surface area contributed by atoms with E-state index in [1.165, 1.54) is 6.07 Å². The van der Waals surface area contributed by atoms with Gasteiger partial charge >= 0.3 is 6.18 Å². The van der Waals surface area contributed by atoms with Crippen LogP contribution in [-0.2, 0) is 22.8 Å². The van der Waals surface area contributed by atoms with Crippen LogP contribution in [0.15, 0.2) is 52.7 Å². The average molecular weight is 547 g/mol. The number of alkyl halides is 3. The lowest BCUT2D eigenvalue weighted by Gasteiger charge is -2.19. The monoisotopic (exact) mass is 546 g/mol. The smallest absolute Gasteiger partial charge is 0.419 e. The first-order chi connectivity index (χ1) is 16.5. The lowest BCUT2D eigenvalue weighted by atomic mass is 10.1. The van der Waals surface area contributed by atoms with Gasteiger partial charge in [0, 0.05) is 24.7 Å². The molecule has 188 valence electrons. The molecule has 6 nitrogen and oxygen atoms in total. The molecule has 4 rings (SSSR count). The molecule has 1 fully saturated rings. The van der Waals surface area contributed by atoms with E-state index in [1.54, 1.807) is 24.3 Å². The average Bonchev–Trinajstić information content (AvgIpc) is 3.38. The van der Waals surface area contributed by atoms with Crippen LogP contribution in [0.1, 0.15) is 17.5 Å². The molecular formula is C23H22ClF3N2O4S2. The van der Waals surface area contributed by atoms with Gasteiger partial charge in [-0.15, -0.1) is 11.3 Å². The summed E-state index contributed by atoms with van der Waals surface area (Å²) in [6.45, 7) is 1.04. The number of likely N-dealkylation sites (tertiary alicyclic amines) is 1. The van der Waals surface area contributed by atoms with Crippen LogP contribution in [0, 0.1) is 0 Å². The van der Waals surface area contributed by atoms with Gasteiger partial charge in [-0.3, -0.25) is 4.72 Å². The Balaban J connectivity index is 1.61. The fourth-order valence-electron chi connectivity index (χ4n) is 3.76. The molecule has 0 saturated carbocycles. The van der Waals surface area contributed by atoms with E-state index in [2.05, 4.69) is 4.72 Å². The highest BCUT2D eigenvalue weighted by Crippen LogP contribution is 2.41.